The highest BCUT2D eigenvalue weighted by atomic mass is 16.7. The van der Waals surface area contributed by atoms with E-state index in [4.69, 9.17) is 13.9 Å². The van der Waals surface area contributed by atoms with E-state index in [0.29, 0.717) is 12.2 Å². The molecule has 0 bridgehead atoms. The lowest BCUT2D eigenvalue weighted by atomic mass is 10.1. The molecule has 0 N–H and O–H groups in total. The highest BCUT2D eigenvalue weighted by Gasteiger charge is 2.18. The molecule has 1 heterocycles. The van der Waals surface area contributed by atoms with Gasteiger partial charge in [-0.2, -0.15) is 0 Å². The minimum Gasteiger partial charge on any atom is -0.496 e. The Balaban J connectivity index is 1.90. The fourth-order valence-corrected chi connectivity index (χ4v) is 1.77. The zero-order valence-corrected chi connectivity index (χ0v) is 11.3. The fourth-order valence-electron chi connectivity index (χ4n) is 1.77. The smallest absolute Gasteiger partial charge is 0.433 e. The van der Waals surface area contributed by atoms with E-state index in [-0.39, 0.29) is 12.4 Å². The number of methoxy groups -OCH3 is 1. The summed E-state index contributed by atoms with van der Waals surface area (Å²) >= 11 is 0. The number of nitrogens with zero attached hydrogens (tertiary/aromatic N) is 1. The van der Waals surface area contributed by atoms with Crippen molar-refractivity contribution in [3.63, 3.8) is 0 Å². The normalized spacial score (nSPS) is 10.1. The zero-order valence-electron chi connectivity index (χ0n) is 11.3. The van der Waals surface area contributed by atoms with Crippen molar-refractivity contribution in [2.75, 3.05) is 13.7 Å². The Morgan fingerprint density at radius 2 is 2.05 bits per heavy atom. The number of ether oxygens (including phenoxy) is 2. The Labute approximate surface area is 120 Å². The lowest BCUT2D eigenvalue weighted by molar-refractivity contribution is -0.402. The predicted molar refractivity (Wildman–Crippen MR) is 72.3 cm³/mol. The van der Waals surface area contributed by atoms with Gasteiger partial charge in [-0.25, -0.2) is 4.79 Å². The molecule has 21 heavy (non-hydrogen) atoms. The number of nitro groups is 1. The van der Waals surface area contributed by atoms with Gasteiger partial charge in [-0.05, 0) is 17.7 Å². The van der Waals surface area contributed by atoms with Crippen molar-refractivity contribution in [3.8, 4) is 5.75 Å². The van der Waals surface area contributed by atoms with Gasteiger partial charge in [0.25, 0.3) is 0 Å². The predicted octanol–water partition coefficient (Wildman–Crippen LogP) is 2.60. The molecule has 0 saturated carbocycles. The van der Waals surface area contributed by atoms with Crippen LogP contribution in [0, 0.1) is 10.1 Å². The van der Waals surface area contributed by atoms with Crippen molar-refractivity contribution in [2.24, 2.45) is 0 Å². The Hall–Kier alpha value is -2.83. The SMILES string of the molecule is COc1ccccc1CCOC(=O)c1ccc([N+](=O)[O-])o1. The molecule has 7 heteroatoms. The maximum absolute atomic E-state index is 11.7. The standard InChI is InChI=1S/C14H13NO6/c1-19-11-5-3-2-4-10(11)8-9-20-14(16)12-6-7-13(21-12)15(17)18/h2-7H,8-9H2,1H3. The lowest BCUT2D eigenvalue weighted by Gasteiger charge is -2.07. The maximum atomic E-state index is 11.7. The van der Waals surface area contributed by atoms with E-state index < -0.39 is 16.8 Å². The van der Waals surface area contributed by atoms with Gasteiger partial charge in [0.05, 0.1) is 19.8 Å². The topological polar surface area (TPSA) is 91.8 Å². The van der Waals surface area contributed by atoms with Crippen molar-refractivity contribution >= 4 is 11.9 Å². The lowest BCUT2D eigenvalue weighted by Crippen LogP contribution is -2.07. The van der Waals surface area contributed by atoms with Crippen molar-refractivity contribution in [1.29, 1.82) is 0 Å². The summed E-state index contributed by atoms with van der Waals surface area (Å²) in [5.41, 5.74) is 0.901. The largest absolute Gasteiger partial charge is 0.496 e. The first-order valence-corrected chi connectivity index (χ1v) is 6.15. The molecular formula is C14H13NO6. The molecule has 0 fully saturated rings. The molecule has 110 valence electrons. The second kappa shape index (κ2) is 6.56. The summed E-state index contributed by atoms with van der Waals surface area (Å²) in [5, 5.41) is 10.5. The first kappa shape index (κ1) is 14.6. The molecule has 0 aliphatic rings. The summed E-state index contributed by atoms with van der Waals surface area (Å²) < 4.78 is 15.0. The average Bonchev–Trinajstić information content (AvgIpc) is 2.98. The van der Waals surface area contributed by atoms with Gasteiger partial charge >= 0.3 is 11.9 Å². The van der Waals surface area contributed by atoms with Gasteiger partial charge in [-0.15, -0.1) is 0 Å². The molecule has 2 aromatic rings. The number of para-hydroxylation sites is 1. The number of hydrogen-bond acceptors (Lipinski definition) is 6. The van der Waals surface area contributed by atoms with E-state index in [9.17, 15) is 14.9 Å². The van der Waals surface area contributed by atoms with E-state index in [1.165, 1.54) is 6.07 Å². The molecule has 0 aliphatic heterocycles. The van der Waals surface area contributed by atoms with Crippen LogP contribution in [0.1, 0.15) is 16.1 Å². The first-order chi connectivity index (χ1) is 10.1. The van der Waals surface area contributed by atoms with Gasteiger partial charge < -0.3 is 13.9 Å². The Morgan fingerprint density at radius 1 is 1.29 bits per heavy atom. The van der Waals surface area contributed by atoms with Crippen LogP contribution < -0.4 is 4.74 Å². The molecule has 0 amide bonds. The van der Waals surface area contributed by atoms with Crippen LogP contribution in [0.2, 0.25) is 0 Å². The van der Waals surface area contributed by atoms with Crippen LogP contribution in [-0.2, 0) is 11.2 Å². The van der Waals surface area contributed by atoms with Crippen LogP contribution in [0.25, 0.3) is 0 Å². The van der Waals surface area contributed by atoms with Gasteiger partial charge in [0.15, 0.2) is 0 Å². The number of benzene rings is 1. The molecule has 7 nitrogen and oxygen atoms in total. The van der Waals surface area contributed by atoms with Crippen molar-refractivity contribution in [2.45, 2.75) is 6.42 Å². The summed E-state index contributed by atoms with van der Waals surface area (Å²) in [5.74, 6) is -0.714. The average molecular weight is 291 g/mol. The number of esters is 1. The van der Waals surface area contributed by atoms with Gasteiger partial charge in [0.2, 0.25) is 5.76 Å². The van der Waals surface area contributed by atoms with E-state index in [0.717, 1.165) is 11.6 Å². The van der Waals surface area contributed by atoms with Crippen LogP contribution in [0.4, 0.5) is 5.88 Å². The Kier molecular flexibility index (Phi) is 4.55. The summed E-state index contributed by atoms with van der Waals surface area (Å²) in [7, 11) is 1.56. The number of rotatable bonds is 6. The monoisotopic (exact) mass is 291 g/mol. The molecule has 0 radical (unpaired) electrons. The number of hydrogen-bond donors (Lipinski definition) is 0. The van der Waals surface area contributed by atoms with Crippen molar-refractivity contribution in [1.82, 2.24) is 0 Å². The highest BCUT2D eigenvalue weighted by molar-refractivity contribution is 5.86. The quantitative estimate of drug-likeness (QED) is 0.461. The van der Waals surface area contributed by atoms with Gasteiger partial charge in [-0.3, -0.25) is 10.1 Å². The van der Waals surface area contributed by atoms with E-state index in [1.807, 2.05) is 24.3 Å². The molecule has 2 rings (SSSR count). The van der Waals surface area contributed by atoms with Crippen molar-refractivity contribution < 1.29 is 23.6 Å². The highest BCUT2D eigenvalue weighted by Crippen LogP contribution is 2.19. The molecular weight excluding hydrogens is 278 g/mol. The zero-order chi connectivity index (χ0) is 15.2. The molecule has 0 unspecified atom stereocenters. The van der Waals surface area contributed by atoms with Crippen LogP contribution in [-0.4, -0.2) is 24.6 Å². The van der Waals surface area contributed by atoms with Crippen LogP contribution in [0.3, 0.4) is 0 Å². The molecule has 0 atom stereocenters. The molecule has 0 saturated heterocycles. The second-order valence-corrected chi connectivity index (χ2v) is 4.09. The number of carbonyl (C=O) groups is 1. The van der Waals surface area contributed by atoms with E-state index >= 15 is 0 Å². The minimum atomic E-state index is -0.738. The minimum absolute atomic E-state index is 0.119. The number of furan rings is 1. The molecule has 0 spiro atoms. The third kappa shape index (κ3) is 3.59. The Bertz CT molecular complexity index is 648. The Morgan fingerprint density at radius 3 is 2.71 bits per heavy atom. The fraction of sp³-hybridized carbons (Fsp3) is 0.214. The third-order valence-corrected chi connectivity index (χ3v) is 2.77. The van der Waals surface area contributed by atoms with Crippen LogP contribution in [0.5, 0.6) is 5.75 Å². The van der Waals surface area contributed by atoms with Crippen LogP contribution >= 0.6 is 0 Å². The van der Waals surface area contributed by atoms with Crippen molar-refractivity contribution in [3.05, 3.63) is 57.8 Å². The van der Waals surface area contributed by atoms with Gasteiger partial charge in [0.1, 0.15) is 10.7 Å². The van der Waals surface area contributed by atoms with Crippen LogP contribution in [0.15, 0.2) is 40.8 Å². The van der Waals surface area contributed by atoms with E-state index in [2.05, 4.69) is 0 Å². The van der Waals surface area contributed by atoms with Gasteiger partial charge in [0, 0.05) is 6.42 Å². The summed E-state index contributed by atoms with van der Waals surface area (Å²) in [6, 6.07) is 9.70. The van der Waals surface area contributed by atoms with E-state index in [1.54, 1.807) is 7.11 Å². The summed E-state index contributed by atoms with van der Waals surface area (Å²) in [6.07, 6.45) is 0.471. The number of carbonyl (C=O) groups excluding carboxylic acids is 1. The summed E-state index contributed by atoms with van der Waals surface area (Å²) in [6.45, 7) is 0.119. The maximum Gasteiger partial charge on any atom is 0.433 e. The third-order valence-electron chi connectivity index (χ3n) is 2.77. The molecule has 0 aliphatic carbocycles. The molecule has 1 aromatic heterocycles. The molecule has 1 aromatic carbocycles. The first-order valence-electron chi connectivity index (χ1n) is 6.15. The second-order valence-electron chi connectivity index (χ2n) is 4.09. The summed E-state index contributed by atoms with van der Waals surface area (Å²) in [4.78, 5) is 21.4. The van der Waals surface area contributed by atoms with Gasteiger partial charge in [-0.1, -0.05) is 18.2 Å².